The first kappa shape index (κ1) is 14.0. The molecule has 3 nitrogen and oxygen atoms in total. The Morgan fingerprint density at radius 1 is 1.32 bits per heavy atom. The summed E-state index contributed by atoms with van der Waals surface area (Å²) in [6, 6.07) is 8.04. The van der Waals surface area contributed by atoms with E-state index in [0.717, 1.165) is 37.1 Å². The number of hydrogen-bond donors (Lipinski definition) is 1. The van der Waals surface area contributed by atoms with Crippen LogP contribution in [0.25, 0.3) is 0 Å². The molecule has 0 spiro atoms. The molecule has 0 radical (unpaired) electrons. The molecule has 1 aromatic carbocycles. The number of para-hydroxylation sites is 1. The van der Waals surface area contributed by atoms with Crippen LogP contribution in [0.4, 0.5) is 5.69 Å². The summed E-state index contributed by atoms with van der Waals surface area (Å²) in [5.41, 5.74) is 7.24. The van der Waals surface area contributed by atoms with E-state index in [1.54, 1.807) is 0 Å². The van der Waals surface area contributed by atoms with Crippen LogP contribution < -0.4 is 10.6 Å². The number of rotatable bonds is 5. The van der Waals surface area contributed by atoms with Gasteiger partial charge in [-0.2, -0.15) is 0 Å². The number of benzene rings is 1. The quantitative estimate of drug-likeness (QED) is 0.664. The predicted molar refractivity (Wildman–Crippen MR) is 82.5 cm³/mol. The number of carbonyl (C=O) groups is 1. The molecule has 2 N–H and O–H groups in total. The number of fused-ring (bicyclic) bond motifs is 1. The predicted octanol–water partition coefficient (Wildman–Crippen LogP) is 2.77. The van der Waals surface area contributed by atoms with Crippen molar-refractivity contribution in [1.82, 2.24) is 0 Å². The van der Waals surface area contributed by atoms with Crippen molar-refractivity contribution in [3.63, 3.8) is 0 Å². The summed E-state index contributed by atoms with van der Waals surface area (Å²) in [4.78, 5) is 14.9. The van der Waals surface area contributed by atoms with Gasteiger partial charge in [-0.3, -0.25) is 4.79 Å². The standard InChI is InChI=1S/C15H20N2OS/c1-15(2)11-7-3-4-8-12(11)17(14(15)18)10-6-5-9-13(16)19/h3-4,7-8H,5-6,9-10H2,1-2H3,(H2,16,19). The van der Waals surface area contributed by atoms with Crippen LogP contribution in [0, 0.1) is 0 Å². The van der Waals surface area contributed by atoms with Gasteiger partial charge in [-0.1, -0.05) is 30.4 Å². The number of amides is 1. The number of carbonyl (C=O) groups excluding carboxylic acids is 1. The fraction of sp³-hybridized carbons (Fsp3) is 0.467. The zero-order valence-corrected chi connectivity index (χ0v) is 12.3. The van der Waals surface area contributed by atoms with Gasteiger partial charge in [0.25, 0.3) is 0 Å². The van der Waals surface area contributed by atoms with Crippen LogP contribution in [0.15, 0.2) is 24.3 Å². The van der Waals surface area contributed by atoms with Crippen molar-refractivity contribution in [1.29, 1.82) is 0 Å². The van der Waals surface area contributed by atoms with Crippen molar-refractivity contribution < 1.29 is 4.79 Å². The Morgan fingerprint density at radius 2 is 2.00 bits per heavy atom. The van der Waals surface area contributed by atoms with Gasteiger partial charge in [0.1, 0.15) is 0 Å². The molecule has 4 heteroatoms. The van der Waals surface area contributed by atoms with E-state index in [2.05, 4.69) is 0 Å². The molecule has 0 aromatic heterocycles. The highest BCUT2D eigenvalue weighted by atomic mass is 32.1. The van der Waals surface area contributed by atoms with Gasteiger partial charge in [-0.15, -0.1) is 0 Å². The molecular weight excluding hydrogens is 256 g/mol. The van der Waals surface area contributed by atoms with Crippen LogP contribution >= 0.6 is 12.2 Å². The van der Waals surface area contributed by atoms with Crippen molar-refractivity contribution in [2.75, 3.05) is 11.4 Å². The lowest BCUT2D eigenvalue weighted by Gasteiger charge is -2.20. The van der Waals surface area contributed by atoms with E-state index in [-0.39, 0.29) is 5.91 Å². The average Bonchev–Trinajstić information content (AvgIpc) is 2.55. The van der Waals surface area contributed by atoms with E-state index >= 15 is 0 Å². The maximum absolute atomic E-state index is 12.5. The maximum Gasteiger partial charge on any atom is 0.237 e. The third-order valence-corrected chi connectivity index (χ3v) is 3.91. The topological polar surface area (TPSA) is 46.3 Å². The molecule has 102 valence electrons. The molecule has 0 aliphatic carbocycles. The van der Waals surface area contributed by atoms with Gasteiger partial charge in [-0.25, -0.2) is 0 Å². The molecule has 0 atom stereocenters. The molecular formula is C15H20N2OS. The van der Waals surface area contributed by atoms with Crippen LogP contribution in [0.1, 0.15) is 38.7 Å². The molecule has 2 rings (SSSR count). The monoisotopic (exact) mass is 276 g/mol. The first-order valence-corrected chi connectivity index (χ1v) is 7.05. The third kappa shape index (κ3) is 2.63. The second kappa shape index (κ2) is 5.29. The van der Waals surface area contributed by atoms with E-state index < -0.39 is 5.41 Å². The van der Waals surface area contributed by atoms with Gasteiger partial charge in [0.05, 0.1) is 10.4 Å². The first-order chi connectivity index (χ1) is 8.94. The highest BCUT2D eigenvalue weighted by Crippen LogP contribution is 2.41. The van der Waals surface area contributed by atoms with E-state index in [1.807, 2.05) is 43.0 Å². The van der Waals surface area contributed by atoms with Gasteiger partial charge in [0, 0.05) is 12.2 Å². The SMILES string of the molecule is CC1(C)C(=O)N(CCCCC(N)=S)c2ccccc21. The Labute approximate surface area is 119 Å². The van der Waals surface area contributed by atoms with Gasteiger partial charge in [0.2, 0.25) is 5.91 Å². The molecule has 0 unspecified atom stereocenters. The summed E-state index contributed by atoms with van der Waals surface area (Å²) in [5, 5.41) is 0. The minimum atomic E-state index is -0.417. The van der Waals surface area contributed by atoms with Crippen molar-refractivity contribution >= 4 is 28.8 Å². The number of unbranched alkanes of at least 4 members (excludes halogenated alkanes) is 1. The van der Waals surface area contributed by atoms with Crippen LogP contribution in [0.3, 0.4) is 0 Å². The van der Waals surface area contributed by atoms with Gasteiger partial charge < -0.3 is 10.6 Å². The number of nitrogens with zero attached hydrogens (tertiary/aromatic N) is 1. The van der Waals surface area contributed by atoms with Crippen molar-refractivity contribution in [2.24, 2.45) is 5.73 Å². The molecule has 1 aliphatic rings. The molecule has 0 fully saturated rings. The molecule has 0 saturated carbocycles. The smallest absolute Gasteiger partial charge is 0.237 e. The van der Waals surface area contributed by atoms with Crippen molar-refractivity contribution in [3.8, 4) is 0 Å². The van der Waals surface area contributed by atoms with E-state index in [4.69, 9.17) is 18.0 Å². The Morgan fingerprint density at radius 3 is 2.68 bits per heavy atom. The zero-order valence-electron chi connectivity index (χ0n) is 11.5. The summed E-state index contributed by atoms with van der Waals surface area (Å²) < 4.78 is 0. The molecule has 1 amide bonds. The van der Waals surface area contributed by atoms with Crippen molar-refractivity contribution in [3.05, 3.63) is 29.8 Å². The molecule has 1 aliphatic heterocycles. The number of anilines is 1. The minimum absolute atomic E-state index is 0.184. The normalized spacial score (nSPS) is 16.5. The van der Waals surface area contributed by atoms with Crippen LogP contribution in [0.5, 0.6) is 0 Å². The van der Waals surface area contributed by atoms with Crippen LogP contribution in [0.2, 0.25) is 0 Å². The van der Waals surface area contributed by atoms with E-state index in [1.165, 1.54) is 0 Å². The Hall–Kier alpha value is -1.42. The van der Waals surface area contributed by atoms with E-state index in [9.17, 15) is 4.79 Å². The molecule has 19 heavy (non-hydrogen) atoms. The molecule has 1 heterocycles. The highest BCUT2D eigenvalue weighted by molar-refractivity contribution is 7.80. The number of thiocarbonyl (C=S) groups is 1. The third-order valence-electron chi connectivity index (χ3n) is 3.70. The summed E-state index contributed by atoms with van der Waals surface area (Å²) >= 11 is 4.86. The summed E-state index contributed by atoms with van der Waals surface area (Å²) in [6.45, 7) is 4.72. The second-order valence-corrected chi connectivity index (χ2v) is 6.05. The minimum Gasteiger partial charge on any atom is -0.393 e. The van der Waals surface area contributed by atoms with Crippen LogP contribution in [-0.2, 0) is 10.2 Å². The number of hydrogen-bond acceptors (Lipinski definition) is 2. The van der Waals surface area contributed by atoms with Gasteiger partial charge in [0.15, 0.2) is 0 Å². The summed E-state index contributed by atoms with van der Waals surface area (Å²) in [5.74, 6) is 0.184. The lowest BCUT2D eigenvalue weighted by atomic mass is 9.86. The Balaban J connectivity index is 2.10. The summed E-state index contributed by atoms with van der Waals surface area (Å²) in [6.07, 6.45) is 2.61. The average molecular weight is 276 g/mol. The fourth-order valence-corrected chi connectivity index (χ4v) is 2.74. The molecule has 1 aromatic rings. The summed E-state index contributed by atoms with van der Waals surface area (Å²) in [7, 11) is 0. The lowest BCUT2D eigenvalue weighted by molar-refractivity contribution is -0.122. The maximum atomic E-state index is 12.5. The van der Waals surface area contributed by atoms with Crippen molar-refractivity contribution in [2.45, 2.75) is 38.5 Å². The second-order valence-electron chi connectivity index (χ2n) is 5.52. The van der Waals surface area contributed by atoms with Gasteiger partial charge in [-0.05, 0) is 44.7 Å². The Bertz CT molecular complexity index is 511. The Kier molecular flexibility index (Phi) is 3.90. The highest BCUT2D eigenvalue weighted by Gasteiger charge is 2.43. The van der Waals surface area contributed by atoms with Crippen LogP contribution in [-0.4, -0.2) is 17.4 Å². The first-order valence-electron chi connectivity index (χ1n) is 6.64. The lowest BCUT2D eigenvalue weighted by Crippen LogP contribution is -2.36. The van der Waals surface area contributed by atoms with E-state index in [0.29, 0.717) is 4.99 Å². The fourth-order valence-electron chi connectivity index (χ4n) is 2.59. The number of nitrogens with two attached hydrogens (primary N) is 1. The zero-order chi connectivity index (χ0) is 14.0. The van der Waals surface area contributed by atoms with Gasteiger partial charge >= 0.3 is 0 Å². The molecule has 0 bridgehead atoms. The largest absolute Gasteiger partial charge is 0.393 e. The molecule has 0 saturated heterocycles.